The Balaban J connectivity index is 1.33. The summed E-state index contributed by atoms with van der Waals surface area (Å²) in [5, 5.41) is 11.9. The fourth-order valence-corrected chi connectivity index (χ4v) is 3.32. The molecule has 3 aromatic rings. The monoisotopic (exact) mass is 380 g/mol. The van der Waals surface area contributed by atoms with Crippen LogP contribution in [0.15, 0.2) is 54.6 Å². The molecule has 8 heteroatoms. The van der Waals surface area contributed by atoms with Crippen molar-refractivity contribution >= 4 is 5.91 Å². The molecule has 0 unspecified atom stereocenters. The molecule has 144 valence electrons. The van der Waals surface area contributed by atoms with E-state index >= 15 is 0 Å². The van der Waals surface area contributed by atoms with Gasteiger partial charge in [-0.05, 0) is 40.3 Å². The second-order valence-electron chi connectivity index (χ2n) is 6.80. The highest BCUT2D eigenvalue weighted by Gasteiger charge is 2.22. The number of carbonyl (C=O) groups is 1. The molecule has 4 rings (SSSR count). The van der Waals surface area contributed by atoms with Gasteiger partial charge in [0.15, 0.2) is 5.82 Å². The third kappa shape index (κ3) is 4.23. The van der Waals surface area contributed by atoms with Crippen LogP contribution in [-0.2, 0) is 17.8 Å². The topological polar surface area (TPSA) is 67.2 Å². The zero-order valence-electron chi connectivity index (χ0n) is 15.4. The number of rotatable bonds is 5. The molecule has 1 amide bonds. The van der Waals surface area contributed by atoms with Gasteiger partial charge in [0.2, 0.25) is 5.91 Å². The maximum atomic E-state index is 13.1. The highest BCUT2D eigenvalue weighted by Crippen LogP contribution is 2.13. The average molecular weight is 380 g/mol. The van der Waals surface area contributed by atoms with Gasteiger partial charge in [-0.15, -0.1) is 5.10 Å². The molecule has 1 fully saturated rings. The molecule has 0 aliphatic carbocycles. The van der Waals surface area contributed by atoms with Crippen molar-refractivity contribution in [3.05, 3.63) is 71.8 Å². The van der Waals surface area contributed by atoms with Crippen LogP contribution in [0, 0.1) is 5.82 Å². The molecule has 1 aliphatic rings. The fraction of sp³-hybridized carbons (Fsp3) is 0.300. The lowest BCUT2D eigenvalue weighted by molar-refractivity contribution is -0.132. The van der Waals surface area contributed by atoms with E-state index in [1.54, 1.807) is 16.8 Å². The molecule has 28 heavy (non-hydrogen) atoms. The number of carbonyl (C=O) groups excluding carboxylic acids is 1. The number of tetrazole rings is 1. The Bertz CT molecular complexity index is 919. The number of aromatic nitrogens is 4. The molecular formula is C20H21FN6O. The van der Waals surface area contributed by atoms with Crippen LogP contribution >= 0.6 is 0 Å². The van der Waals surface area contributed by atoms with Crippen LogP contribution in [0.5, 0.6) is 0 Å². The fourth-order valence-electron chi connectivity index (χ4n) is 3.32. The number of benzene rings is 2. The van der Waals surface area contributed by atoms with Crippen molar-refractivity contribution in [1.29, 1.82) is 0 Å². The molecular weight excluding hydrogens is 359 g/mol. The normalized spacial score (nSPS) is 15.0. The second-order valence-corrected chi connectivity index (χ2v) is 6.80. The lowest BCUT2D eigenvalue weighted by atomic mass is 10.1. The van der Waals surface area contributed by atoms with Crippen molar-refractivity contribution in [3.63, 3.8) is 0 Å². The predicted octanol–water partition coefficient (Wildman–Crippen LogP) is 1.69. The molecule has 0 bridgehead atoms. The number of hydrogen-bond donors (Lipinski definition) is 0. The first-order valence-electron chi connectivity index (χ1n) is 9.26. The van der Waals surface area contributed by atoms with Crippen molar-refractivity contribution in [2.45, 2.75) is 13.0 Å². The number of amides is 1. The van der Waals surface area contributed by atoms with E-state index in [0.717, 1.165) is 24.3 Å². The summed E-state index contributed by atoms with van der Waals surface area (Å²) < 4.78 is 14.8. The Hall–Kier alpha value is -3.13. The van der Waals surface area contributed by atoms with Crippen LogP contribution in [0.1, 0.15) is 11.4 Å². The average Bonchev–Trinajstić information content (AvgIpc) is 3.18. The van der Waals surface area contributed by atoms with E-state index in [2.05, 4.69) is 20.4 Å². The molecule has 1 aromatic heterocycles. The number of piperazine rings is 1. The summed E-state index contributed by atoms with van der Waals surface area (Å²) >= 11 is 0. The van der Waals surface area contributed by atoms with Crippen molar-refractivity contribution in [3.8, 4) is 5.69 Å². The van der Waals surface area contributed by atoms with E-state index in [-0.39, 0.29) is 11.7 Å². The van der Waals surface area contributed by atoms with Gasteiger partial charge in [-0.2, -0.15) is 4.68 Å². The second kappa shape index (κ2) is 8.26. The van der Waals surface area contributed by atoms with E-state index in [0.29, 0.717) is 31.9 Å². The molecule has 0 radical (unpaired) electrons. The van der Waals surface area contributed by atoms with Crippen LogP contribution in [-0.4, -0.2) is 62.1 Å². The third-order valence-corrected chi connectivity index (χ3v) is 4.89. The van der Waals surface area contributed by atoms with E-state index in [1.165, 1.54) is 12.1 Å². The molecule has 0 atom stereocenters. The SMILES string of the molecule is O=C(Cc1ccccc1)N1CCN(Cc2nnnn2-c2ccc(F)cc2)CC1. The van der Waals surface area contributed by atoms with Crippen LogP contribution in [0.25, 0.3) is 5.69 Å². The van der Waals surface area contributed by atoms with Gasteiger partial charge in [0.25, 0.3) is 0 Å². The largest absolute Gasteiger partial charge is 0.340 e. The number of nitrogens with zero attached hydrogens (tertiary/aromatic N) is 6. The summed E-state index contributed by atoms with van der Waals surface area (Å²) in [6.45, 7) is 3.46. The van der Waals surface area contributed by atoms with Gasteiger partial charge in [0.05, 0.1) is 18.7 Å². The molecule has 0 spiro atoms. The third-order valence-electron chi connectivity index (χ3n) is 4.89. The van der Waals surface area contributed by atoms with Crippen LogP contribution in [0.4, 0.5) is 4.39 Å². The minimum Gasteiger partial charge on any atom is -0.340 e. The van der Waals surface area contributed by atoms with Gasteiger partial charge >= 0.3 is 0 Å². The smallest absolute Gasteiger partial charge is 0.227 e. The lowest BCUT2D eigenvalue weighted by Crippen LogP contribution is -2.48. The Morgan fingerprint density at radius 2 is 1.68 bits per heavy atom. The lowest BCUT2D eigenvalue weighted by Gasteiger charge is -2.34. The van der Waals surface area contributed by atoms with E-state index in [9.17, 15) is 9.18 Å². The minimum absolute atomic E-state index is 0.155. The quantitative estimate of drug-likeness (QED) is 0.674. The van der Waals surface area contributed by atoms with E-state index in [1.807, 2.05) is 35.2 Å². The van der Waals surface area contributed by atoms with Crippen LogP contribution in [0.2, 0.25) is 0 Å². The maximum absolute atomic E-state index is 13.1. The van der Waals surface area contributed by atoms with E-state index < -0.39 is 0 Å². The molecule has 7 nitrogen and oxygen atoms in total. The molecule has 2 aromatic carbocycles. The molecule has 2 heterocycles. The van der Waals surface area contributed by atoms with Crippen molar-refractivity contribution in [2.24, 2.45) is 0 Å². The number of halogens is 1. The van der Waals surface area contributed by atoms with Gasteiger partial charge < -0.3 is 4.90 Å². The minimum atomic E-state index is -0.297. The van der Waals surface area contributed by atoms with Crippen LogP contribution in [0.3, 0.4) is 0 Å². The van der Waals surface area contributed by atoms with E-state index in [4.69, 9.17) is 0 Å². The van der Waals surface area contributed by atoms with Crippen LogP contribution < -0.4 is 0 Å². The predicted molar refractivity (Wildman–Crippen MR) is 101 cm³/mol. The van der Waals surface area contributed by atoms with Gasteiger partial charge in [-0.1, -0.05) is 30.3 Å². The van der Waals surface area contributed by atoms with Crippen molar-refractivity contribution in [2.75, 3.05) is 26.2 Å². The Kier molecular flexibility index (Phi) is 5.38. The van der Waals surface area contributed by atoms with Crippen molar-refractivity contribution in [1.82, 2.24) is 30.0 Å². The summed E-state index contributed by atoms with van der Waals surface area (Å²) in [7, 11) is 0. The Morgan fingerprint density at radius 3 is 2.39 bits per heavy atom. The summed E-state index contributed by atoms with van der Waals surface area (Å²) in [6.07, 6.45) is 0.434. The zero-order valence-corrected chi connectivity index (χ0v) is 15.4. The molecule has 0 N–H and O–H groups in total. The first-order chi connectivity index (χ1) is 13.7. The van der Waals surface area contributed by atoms with Gasteiger partial charge in [0.1, 0.15) is 5.82 Å². The molecule has 0 saturated carbocycles. The summed E-state index contributed by atoms with van der Waals surface area (Å²) in [5.74, 6) is 0.548. The molecule has 1 saturated heterocycles. The van der Waals surface area contributed by atoms with Gasteiger partial charge in [0, 0.05) is 26.2 Å². The number of hydrogen-bond acceptors (Lipinski definition) is 5. The summed E-state index contributed by atoms with van der Waals surface area (Å²) in [6, 6.07) is 15.9. The maximum Gasteiger partial charge on any atom is 0.227 e. The van der Waals surface area contributed by atoms with Crippen molar-refractivity contribution < 1.29 is 9.18 Å². The zero-order chi connectivity index (χ0) is 19.3. The summed E-state index contributed by atoms with van der Waals surface area (Å²) in [5.41, 5.74) is 1.76. The Morgan fingerprint density at radius 1 is 0.964 bits per heavy atom. The standard InChI is InChI=1S/C20H21FN6O/c21-17-6-8-18(9-7-17)27-19(22-23-24-27)15-25-10-12-26(13-11-25)20(28)14-16-4-2-1-3-5-16/h1-9H,10-15H2. The van der Waals surface area contributed by atoms with Gasteiger partial charge in [-0.25, -0.2) is 4.39 Å². The highest BCUT2D eigenvalue weighted by atomic mass is 19.1. The molecule has 1 aliphatic heterocycles. The Labute approximate surface area is 162 Å². The first kappa shape index (κ1) is 18.2. The first-order valence-corrected chi connectivity index (χ1v) is 9.26. The van der Waals surface area contributed by atoms with Gasteiger partial charge in [-0.3, -0.25) is 9.69 Å². The highest BCUT2D eigenvalue weighted by molar-refractivity contribution is 5.78. The summed E-state index contributed by atoms with van der Waals surface area (Å²) in [4.78, 5) is 16.6.